The summed E-state index contributed by atoms with van der Waals surface area (Å²) < 4.78 is 1.00. The molecule has 0 saturated carbocycles. The molecule has 80 valence electrons. The highest BCUT2D eigenvalue weighted by Gasteiger charge is 2.04. The van der Waals surface area contributed by atoms with Gasteiger partial charge in [0, 0.05) is 10.5 Å². The summed E-state index contributed by atoms with van der Waals surface area (Å²) in [7, 11) is 1.79. The Kier molecular flexibility index (Phi) is 4.52. The molecule has 0 heterocycles. The SMILES string of the molecule is CNC(/C=C/C(=O)O)c1ccc(Br)cc1. The summed E-state index contributed by atoms with van der Waals surface area (Å²) in [5.41, 5.74) is 1.03. The van der Waals surface area contributed by atoms with Crippen LogP contribution in [0.2, 0.25) is 0 Å². The van der Waals surface area contributed by atoms with Crippen LogP contribution in [-0.2, 0) is 4.79 Å². The second kappa shape index (κ2) is 5.68. The molecule has 15 heavy (non-hydrogen) atoms. The van der Waals surface area contributed by atoms with E-state index in [-0.39, 0.29) is 6.04 Å². The van der Waals surface area contributed by atoms with Gasteiger partial charge in [-0.05, 0) is 24.7 Å². The van der Waals surface area contributed by atoms with Crippen LogP contribution in [0.5, 0.6) is 0 Å². The van der Waals surface area contributed by atoms with Gasteiger partial charge in [-0.25, -0.2) is 4.79 Å². The number of likely N-dealkylation sites (N-methyl/N-ethyl adjacent to an activating group) is 1. The molecular formula is C11H12BrNO2. The number of benzene rings is 1. The first-order valence-corrected chi connectivity index (χ1v) is 5.26. The van der Waals surface area contributed by atoms with Gasteiger partial charge in [0.15, 0.2) is 0 Å². The van der Waals surface area contributed by atoms with Crippen molar-refractivity contribution in [1.29, 1.82) is 0 Å². The van der Waals surface area contributed by atoms with Gasteiger partial charge >= 0.3 is 5.97 Å². The summed E-state index contributed by atoms with van der Waals surface area (Å²) in [6, 6.07) is 7.66. The maximum absolute atomic E-state index is 10.4. The first-order chi connectivity index (χ1) is 7.13. The average molecular weight is 270 g/mol. The summed E-state index contributed by atoms with van der Waals surface area (Å²) >= 11 is 3.35. The molecule has 0 fully saturated rings. The predicted molar refractivity (Wildman–Crippen MR) is 62.7 cm³/mol. The molecule has 0 aliphatic rings. The topological polar surface area (TPSA) is 49.3 Å². The summed E-state index contributed by atoms with van der Waals surface area (Å²) in [5, 5.41) is 11.6. The average Bonchev–Trinajstić information content (AvgIpc) is 2.21. The fraction of sp³-hybridized carbons (Fsp3) is 0.182. The van der Waals surface area contributed by atoms with Crippen LogP contribution in [0, 0.1) is 0 Å². The van der Waals surface area contributed by atoms with E-state index in [4.69, 9.17) is 5.11 Å². The predicted octanol–water partition coefficient (Wildman–Crippen LogP) is 2.35. The van der Waals surface area contributed by atoms with Crippen molar-refractivity contribution in [2.75, 3.05) is 7.05 Å². The number of carbonyl (C=O) groups is 1. The van der Waals surface area contributed by atoms with E-state index < -0.39 is 5.97 Å². The lowest BCUT2D eigenvalue weighted by Crippen LogP contribution is -2.14. The summed E-state index contributed by atoms with van der Waals surface area (Å²) in [4.78, 5) is 10.4. The molecule has 1 unspecified atom stereocenters. The van der Waals surface area contributed by atoms with Gasteiger partial charge in [0.05, 0.1) is 6.04 Å². The third-order valence-corrected chi connectivity index (χ3v) is 2.50. The van der Waals surface area contributed by atoms with E-state index in [1.54, 1.807) is 13.1 Å². The molecular weight excluding hydrogens is 258 g/mol. The highest BCUT2D eigenvalue weighted by molar-refractivity contribution is 9.10. The minimum atomic E-state index is -0.938. The summed E-state index contributed by atoms with van der Waals surface area (Å²) in [6.07, 6.45) is 2.76. The van der Waals surface area contributed by atoms with Gasteiger partial charge in [-0.1, -0.05) is 34.1 Å². The van der Waals surface area contributed by atoms with Crippen molar-refractivity contribution < 1.29 is 9.90 Å². The monoisotopic (exact) mass is 269 g/mol. The molecule has 0 radical (unpaired) electrons. The Morgan fingerprint density at radius 3 is 2.53 bits per heavy atom. The molecule has 1 atom stereocenters. The van der Waals surface area contributed by atoms with Crippen LogP contribution in [0.15, 0.2) is 40.9 Å². The Morgan fingerprint density at radius 1 is 1.47 bits per heavy atom. The van der Waals surface area contributed by atoms with Gasteiger partial charge in [-0.2, -0.15) is 0 Å². The summed E-state index contributed by atoms with van der Waals surface area (Å²) in [6.45, 7) is 0. The minimum absolute atomic E-state index is 0.0748. The largest absolute Gasteiger partial charge is 0.478 e. The van der Waals surface area contributed by atoms with Crippen molar-refractivity contribution in [3.05, 3.63) is 46.5 Å². The zero-order valence-corrected chi connectivity index (χ0v) is 9.86. The standard InChI is InChI=1S/C11H12BrNO2/c1-13-10(6-7-11(14)15)8-2-4-9(12)5-3-8/h2-7,10,13H,1H3,(H,14,15)/b7-6+. The molecule has 0 aliphatic carbocycles. The van der Waals surface area contributed by atoms with Crippen molar-refractivity contribution in [1.82, 2.24) is 5.32 Å². The zero-order chi connectivity index (χ0) is 11.3. The van der Waals surface area contributed by atoms with E-state index in [0.29, 0.717) is 0 Å². The van der Waals surface area contributed by atoms with Crippen molar-refractivity contribution in [3.8, 4) is 0 Å². The van der Waals surface area contributed by atoms with Crippen molar-refractivity contribution in [2.45, 2.75) is 6.04 Å². The normalized spacial score (nSPS) is 12.9. The fourth-order valence-corrected chi connectivity index (χ4v) is 1.49. The van der Waals surface area contributed by atoms with E-state index in [0.717, 1.165) is 16.1 Å². The van der Waals surface area contributed by atoms with Crippen LogP contribution < -0.4 is 5.32 Å². The molecule has 3 nitrogen and oxygen atoms in total. The van der Waals surface area contributed by atoms with Crippen LogP contribution in [0.1, 0.15) is 11.6 Å². The molecule has 1 aromatic rings. The van der Waals surface area contributed by atoms with Crippen LogP contribution in [-0.4, -0.2) is 18.1 Å². The lowest BCUT2D eigenvalue weighted by molar-refractivity contribution is -0.131. The number of nitrogens with one attached hydrogen (secondary N) is 1. The van der Waals surface area contributed by atoms with E-state index in [1.165, 1.54) is 0 Å². The molecule has 0 aliphatic heterocycles. The molecule has 0 saturated heterocycles. The van der Waals surface area contributed by atoms with Gasteiger partial charge in [0.25, 0.3) is 0 Å². The number of hydrogen-bond acceptors (Lipinski definition) is 2. The van der Waals surface area contributed by atoms with E-state index in [2.05, 4.69) is 21.2 Å². The molecule has 1 aromatic carbocycles. The van der Waals surface area contributed by atoms with Gasteiger partial charge in [0.2, 0.25) is 0 Å². The number of hydrogen-bond donors (Lipinski definition) is 2. The van der Waals surface area contributed by atoms with Crippen molar-refractivity contribution >= 4 is 21.9 Å². The summed E-state index contributed by atoms with van der Waals surface area (Å²) in [5.74, 6) is -0.938. The highest BCUT2D eigenvalue weighted by atomic mass is 79.9. The quantitative estimate of drug-likeness (QED) is 0.826. The van der Waals surface area contributed by atoms with Crippen LogP contribution in [0.25, 0.3) is 0 Å². The van der Waals surface area contributed by atoms with Crippen LogP contribution >= 0.6 is 15.9 Å². The maximum atomic E-state index is 10.4. The lowest BCUT2D eigenvalue weighted by Gasteiger charge is -2.11. The Balaban J connectivity index is 2.83. The first kappa shape index (κ1) is 11.9. The lowest BCUT2D eigenvalue weighted by atomic mass is 10.1. The third-order valence-electron chi connectivity index (χ3n) is 1.97. The molecule has 0 spiro atoms. The third kappa shape index (κ3) is 3.85. The van der Waals surface area contributed by atoms with Gasteiger partial charge < -0.3 is 10.4 Å². The Hall–Kier alpha value is -1.13. The van der Waals surface area contributed by atoms with Gasteiger partial charge in [-0.15, -0.1) is 0 Å². The fourth-order valence-electron chi connectivity index (χ4n) is 1.22. The van der Waals surface area contributed by atoms with Crippen LogP contribution in [0.4, 0.5) is 0 Å². The first-order valence-electron chi connectivity index (χ1n) is 4.47. The minimum Gasteiger partial charge on any atom is -0.478 e. The molecule has 0 aromatic heterocycles. The van der Waals surface area contributed by atoms with E-state index in [1.807, 2.05) is 24.3 Å². The van der Waals surface area contributed by atoms with Crippen LogP contribution in [0.3, 0.4) is 0 Å². The smallest absolute Gasteiger partial charge is 0.328 e. The maximum Gasteiger partial charge on any atom is 0.328 e. The molecule has 2 N–H and O–H groups in total. The van der Waals surface area contributed by atoms with Crippen molar-refractivity contribution in [3.63, 3.8) is 0 Å². The number of halogens is 1. The Labute approximate surface area is 96.9 Å². The van der Waals surface area contributed by atoms with E-state index >= 15 is 0 Å². The molecule has 4 heteroatoms. The van der Waals surface area contributed by atoms with Gasteiger partial charge in [0.1, 0.15) is 0 Å². The molecule has 1 rings (SSSR count). The number of aliphatic carboxylic acids is 1. The Bertz CT molecular complexity index is 359. The number of carboxylic acid groups (broad SMARTS) is 1. The second-order valence-corrected chi connectivity index (χ2v) is 3.93. The Morgan fingerprint density at radius 2 is 2.07 bits per heavy atom. The zero-order valence-electron chi connectivity index (χ0n) is 8.27. The van der Waals surface area contributed by atoms with Gasteiger partial charge in [-0.3, -0.25) is 0 Å². The number of carboxylic acids is 1. The second-order valence-electron chi connectivity index (χ2n) is 3.02. The molecule has 0 amide bonds. The molecule has 0 bridgehead atoms. The van der Waals surface area contributed by atoms with E-state index in [9.17, 15) is 4.79 Å². The van der Waals surface area contributed by atoms with Crippen molar-refractivity contribution in [2.24, 2.45) is 0 Å². The highest BCUT2D eigenvalue weighted by Crippen LogP contribution is 2.17. The number of rotatable bonds is 4.